The molecule has 400 valence electrons. The Balaban J connectivity index is 1.08. The molecule has 0 radical (unpaired) electrons. The molecule has 12 rings (SSSR count). The third-order valence-corrected chi connectivity index (χ3v) is 17.1. The van der Waals surface area contributed by atoms with Crippen LogP contribution in [-0.4, -0.2) is 4.57 Å². The summed E-state index contributed by atoms with van der Waals surface area (Å²) < 4.78 is 2.53. The molecule has 0 atom stereocenters. The fraction of sp³-hybridized carbons (Fsp3) is 0.256. The molecule has 1 aromatic heterocycles. The molecule has 0 N–H and O–H groups in total. The summed E-state index contributed by atoms with van der Waals surface area (Å²) in [4.78, 5) is 2.51. The molecular formula is C78H78N2. The summed E-state index contributed by atoms with van der Waals surface area (Å²) in [6, 6.07) is 76.9. The predicted octanol–water partition coefficient (Wildman–Crippen LogP) is 22.6. The summed E-state index contributed by atoms with van der Waals surface area (Å²) in [6.07, 6.45) is 0. The van der Waals surface area contributed by atoms with Gasteiger partial charge in [-0.25, -0.2) is 0 Å². The Labute approximate surface area is 476 Å². The fourth-order valence-electron chi connectivity index (χ4n) is 12.1. The van der Waals surface area contributed by atoms with E-state index in [1.54, 1.807) is 0 Å². The molecule has 0 saturated carbocycles. The van der Waals surface area contributed by atoms with Gasteiger partial charge in [0.1, 0.15) is 0 Å². The lowest BCUT2D eigenvalue weighted by molar-refractivity contribution is 0.568. The Morgan fingerprint density at radius 2 is 0.725 bits per heavy atom. The highest BCUT2D eigenvalue weighted by molar-refractivity contribution is 6.27. The second-order valence-corrected chi connectivity index (χ2v) is 28.0. The van der Waals surface area contributed by atoms with Crippen molar-refractivity contribution in [3.63, 3.8) is 0 Å². The third-order valence-electron chi connectivity index (χ3n) is 17.1. The molecule has 12 aromatic rings. The zero-order valence-corrected chi connectivity index (χ0v) is 49.9. The van der Waals surface area contributed by atoms with Gasteiger partial charge in [0.25, 0.3) is 0 Å². The minimum atomic E-state index is -0.00767. The summed E-state index contributed by atoms with van der Waals surface area (Å²) in [5.74, 6) is 0. The summed E-state index contributed by atoms with van der Waals surface area (Å²) >= 11 is 0. The van der Waals surface area contributed by atoms with Gasteiger partial charge in [0.2, 0.25) is 0 Å². The van der Waals surface area contributed by atoms with Crippen molar-refractivity contribution in [3.05, 3.63) is 228 Å². The number of hydrogen-bond acceptors (Lipinski definition) is 1. The van der Waals surface area contributed by atoms with Gasteiger partial charge in [-0.15, -0.1) is 0 Å². The average Bonchev–Trinajstić information content (AvgIpc) is 3.81. The van der Waals surface area contributed by atoms with Crippen LogP contribution < -0.4 is 4.90 Å². The average molecular weight is 1040 g/mol. The fourth-order valence-corrected chi connectivity index (χ4v) is 12.1. The molecule has 0 saturated heterocycles. The highest BCUT2D eigenvalue weighted by Gasteiger charge is 2.26. The Kier molecular flexibility index (Phi) is 12.4. The van der Waals surface area contributed by atoms with Crippen molar-refractivity contribution < 1.29 is 0 Å². The first-order valence-electron chi connectivity index (χ1n) is 29.0. The number of hydrogen-bond donors (Lipinski definition) is 0. The maximum absolute atomic E-state index is 2.53. The molecule has 2 nitrogen and oxygen atoms in total. The maximum atomic E-state index is 2.53. The highest BCUT2D eigenvalue weighted by Crippen LogP contribution is 2.48. The van der Waals surface area contributed by atoms with Crippen LogP contribution in [-0.2, 0) is 27.1 Å². The second-order valence-electron chi connectivity index (χ2n) is 28.0. The lowest BCUT2D eigenvalue weighted by atomic mass is 9.79. The van der Waals surface area contributed by atoms with Crippen molar-refractivity contribution >= 4 is 71.2 Å². The van der Waals surface area contributed by atoms with Crippen LogP contribution in [0.4, 0.5) is 17.1 Å². The van der Waals surface area contributed by atoms with Crippen molar-refractivity contribution in [2.45, 2.75) is 131 Å². The Morgan fingerprint density at radius 1 is 0.275 bits per heavy atom. The molecule has 0 aliphatic heterocycles. The minimum absolute atomic E-state index is 0.00290. The summed E-state index contributed by atoms with van der Waals surface area (Å²) in [6.45, 7) is 34.8. The van der Waals surface area contributed by atoms with E-state index in [4.69, 9.17) is 0 Å². The van der Waals surface area contributed by atoms with Crippen molar-refractivity contribution in [1.82, 2.24) is 4.57 Å². The summed E-state index contributed by atoms with van der Waals surface area (Å²) in [7, 11) is 0. The molecule has 0 spiro atoms. The minimum Gasteiger partial charge on any atom is -0.310 e. The molecule has 0 aliphatic carbocycles. The Morgan fingerprint density at radius 3 is 1.30 bits per heavy atom. The SMILES string of the molecule is CC(C)(C)c1cc(-c2ccc(N(c3cccc(-c4cc(C(C)(C)C)cc(C(C)(C)C)c4)c3)c3ccc4ccc5c(-n6c7ccc(-c8ccccc8)cc7c7cc(C(C)(C)C)ccc76)ccc6ccc3c4c65)cc2)cc(C(C)(C)C)c1. The number of nitrogens with zero attached hydrogens (tertiary/aromatic N) is 2. The van der Waals surface area contributed by atoms with E-state index in [9.17, 15) is 0 Å². The monoisotopic (exact) mass is 1040 g/mol. The van der Waals surface area contributed by atoms with Gasteiger partial charge in [-0.1, -0.05) is 243 Å². The lowest BCUT2D eigenvalue weighted by Gasteiger charge is -2.29. The molecule has 0 amide bonds. The van der Waals surface area contributed by atoms with Gasteiger partial charge in [-0.05, 0) is 170 Å². The standard InChI is InChI=1S/C78H78N2/c1-74(2,3)57-31-39-71-67(48-57)66-45-54(49-20-17-16-18-21-49)30-38-70(66)80(71)69-37-29-52-26-34-64-68(36-28-51-27-35-65(69)73(52)72(51)64)79(62-32-24-50(25-33-62)55-40-58(75(4,5)6)46-59(41-55)76(7,8)9)63-23-19-22-53(44-63)56-42-60(77(10,11)12)47-61(43-56)78(13,14)15/h16-48H,1-15H3. The van der Waals surface area contributed by atoms with E-state index in [0.717, 1.165) is 17.1 Å². The smallest absolute Gasteiger partial charge is 0.0541 e. The van der Waals surface area contributed by atoms with E-state index in [-0.39, 0.29) is 27.1 Å². The van der Waals surface area contributed by atoms with E-state index in [0.29, 0.717) is 0 Å². The Hall–Kier alpha value is -7.94. The molecular weight excluding hydrogens is 965 g/mol. The first-order chi connectivity index (χ1) is 37.8. The van der Waals surface area contributed by atoms with Crippen LogP contribution in [0.3, 0.4) is 0 Å². The van der Waals surface area contributed by atoms with Crippen molar-refractivity contribution in [1.29, 1.82) is 0 Å². The molecule has 11 aromatic carbocycles. The lowest BCUT2D eigenvalue weighted by Crippen LogP contribution is -2.16. The van der Waals surface area contributed by atoms with Crippen LogP contribution >= 0.6 is 0 Å². The largest absolute Gasteiger partial charge is 0.310 e. The van der Waals surface area contributed by atoms with Gasteiger partial charge in [-0.2, -0.15) is 0 Å². The number of fused-ring (bicyclic) bond motifs is 3. The number of anilines is 3. The van der Waals surface area contributed by atoms with Crippen molar-refractivity contribution in [2.75, 3.05) is 4.90 Å². The van der Waals surface area contributed by atoms with Crippen LogP contribution in [0.1, 0.15) is 132 Å². The van der Waals surface area contributed by atoms with E-state index >= 15 is 0 Å². The van der Waals surface area contributed by atoms with Crippen molar-refractivity contribution in [3.8, 4) is 39.1 Å². The van der Waals surface area contributed by atoms with Crippen LogP contribution in [0.2, 0.25) is 0 Å². The predicted molar refractivity (Wildman–Crippen MR) is 349 cm³/mol. The number of aromatic nitrogens is 1. The number of rotatable bonds is 7. The van der Waals surface area contributed by atoms with Crippen LogP contribution in [0.15, 0.2) is 200 Å². The topological polar surface area (TPSA) is 8.17 Å². The molecule has 0 fully saturated rings. The zero-order valence-electron chi connectivity index (χ0n) is 49.9. The Bertz CT molecular complexity index is 4270. The maximum Gasteiger partial charge on any atom is 0.0541 e. The van der Waals surface area contributed by atoms with Gasteiger partial charge in [-0.3, -0.25) is 0 Å². The van der Waals surface area contributed by atoms with E-state index < -0.39 is 0 Å². The summed E-state index contributed by atoms with van der Waals surface area (Å²) in [5, 5.41) is 10.0. The molecule has 0 unspecified atom stereocenters. The van der Waals surface area contributed by atoms with Gasteiger partial charge in [0.15, 0.2) is 0 Å². The molecule has 2 heteroatoms. The van der Waals surface area contributed by atoms with Gasteiger partial charge in [0.05, 0.1) is 22.4 Å². The van der Waals surface area contributed by atoms with Crippen LogP contribution in [0.5, 0.6) is 0 Å². The quantitative estimate of drug-likeness (QED) is 0.144. The molecule has 0 aliphatic rings. The third kappa shape index (κ3) is 9.45. The first-order valence-corrected chi connectivity index (χ1v) is 29.0. The van der Waals surface area contributed by atoms with E-state index in [2.05, 4.69) is 314 Å². The van der Waals surface area contributed by atoms with E-state index in [1.807, 2.05) is 0 Å². The van der Waals surface area contributed by atoms with Crippen molar-refractivity contribution in [2.24, 2.45) is 0 Å². The second kappa shape index (κ2) is 18.8. The summed E-state index contributed by atoms with van der Waals surface area (Å²) in [5.41, 5.74) is 21.1. The zero-order chi connectivity index (χ0) is 56.4. The van der Waals surface area contributed by atoms with Crippen LogP contribution in [0.25, 0.3) is 93.2 Å². The van der Waals surface area contributed by atoms with Crippen LogP contribution in [0, 0.1) is 0 Å². The first kappa shape index (κ1) is 52.7. The van der Waals surface area contributed by atoms with Gasteiger partial charge < -0.3 is 9.47 Å². The normalized spacial score (nSPS) is 12.9. The van der Waals surface area contributed by atoms with Gasteiger partial charge in [0, 0.05) is 32.9 Å². The molecule has 0 bridgehead atoms. The highest BCUT2D eigenvalue weighted by atomic mass is 15.1. The number of benzene rings is 11. The molecule has 80 heavy (non-hydrogen) atoms. The van der Waals surface area contributed by atoms with Gasteiger partial charge >= 0.3 is 0 Å². The van der Waals surface area contributed by atoms with E-state index in [1.165, 1.54) is 121 Å². The molecule has 1 heterocycles.